The monoisotopic (exact) mass is 462 g/mol. The number of hydrogen-bond acceptors (Lipinski definition) is 8. The molecule has 6 rings (SSSR count). The van der Waals surface area contributed by atoms with Crippen LogP contribution in [-0.2, 0) is 9.53 Å². The predicted octanol–water partition coefficient (Wildman–Crippen LogP) is 2.49. The Morgan fingerprint density at radius 3 is 2.53 bits per heavy atom. The van der Waals surface area contributed by atoms with Gasteiger partial charge in [-0.3, -0.25) is 9.69 Å². The highest BCUT2D eigenvalue weighted by molar-refractivity contribution is 5.87. The minimum Gasteiger partial charge on any atom is -0.467 e. The summed E-state index contributed by atoms with van der Waals surface area (Å²) in [5, 5.41) is 5.75. The maximum atomic E-state index is 11.8. The molecule has 0 spiro atoms. The van der Waals surface area contributed by atoms with Gasteiger partial charge in [-0.05, 0) is 62.0 Å². The van der Waals surface area contributed by atoms with Crippen LogP contribution in [0.4, 0.5) is 5.82 Å². The number of aromatic nitrogens is 4. The molecule has 3 fully saturated rings. The van der Waals surface area contributed by atoms with Crippen molar-refractivity contribution in [2.75, 3.05) is 51.4 Å². The van der Waals surface area contributed by atoms with Crippen LogP contribution in [0.15, 0.2) is 24.4 Å². The Morgan fingerprint density at radius 1 is 1.06 bits per heavy atom. The highest BCUT2D eigenvalue weighted by Crippen LogP contribution is 2.34. The average molecular weight is 463 g/mol. The van der Waals surface area contributed by atoms with E-state index in [0.717, 1.165) is 50.0 Å². The Kier molecular flexibility index (Phi) is 5.45. The molecule has 0 atom stereocenters. The molecule has 0 amide bonds. The molecular weight excluding hydrogens is 432 g/mol. The van der Waals surface area contributed by atoms with Gasteiger partial charge in [-0.2, -0.15) is 15.1 Å². The number of carbonyl (C=O) groups is 1. The van der Waals surface area contributed by atoms with Crippen LogP contribution in [0.5, 0.6) is 6.01 Å². The third-order valence-electron chi connectivity index (χ3n) is 7.49. The zero-order valence-corrected chi connectivity index (χ0v) is 19.7. The number of carbonyl (C=O) groups excluding carboxylic acids is 1. The van der Waals surface area contributed by atoms with Gasteiger partial charge in [-0.1, -0.05) is 0 Å². The highest BCUT2D eigenvalue weighted by Gasteiger charge is 2.31. The van der Waals surface area contributed by atoms with Crippen molar-refractivity contribution in [1.82, 2.24) is 24.6 Å². The van der Waals surface area contributed by atoms with Crippen molar-refractivity contribution in [1.29, 1.82) is 0 Å². The summed E-state index contributed by atoms with van der Waals surface area (Å²) >= 11 is 0. The van der Waals surface area contributed by atoms with Crippen molar-refractivity contribution in [3.63, 3.8) is 0 Å². The van der Waals surface area contributed by atoms with Crippen LogP contribution in [-0.4, -0.2) is 83.0 Å². The summed E-state index contributed by atoms with van der Waals surface area (Å²) in [6.45, 7) is 7.23. The van der Waals surface area contributed by atoms with Gasteiger partial charge in [0.2, 0.25) is 0 Å². The van der Waals surface area contributed by atoms with Gasteiger partial charge >= 0.3 is 6.01 Å². The van der Waals surface area contributed by atoms with E-state index in [2.05, 4.69) is 39.0 Å². The van der Waals surface area contributed by atoms with Crippen molar-refractivity contribution < 1.29 is 14.3 Å². The maximum Gasteiger partial charge on any atom is 0.320 e. The molecule has 178 valence electrons. The van der Waals surface area contributed by atoms with E-state index in [1.807, 2.05) is 21.8 Å². The fourth-order valence-electron chi connectivity index (χ4n) is 5.43. The van der Waals surface area contributed by atoms with E-state index in [9.17, 15) is 4.79 Å². The van der Waals surface area contributed by atoms with Gasteiger partial charge in [0, 0.05) is 24.4 Å². The molecular formula is C25H30N6O3. The van der Waals surface area contributed by atoms with Crippen LogP contribution < -0.4 is 9.64 Å². The molecule has 34 heavy (non-hydrogen) atoms. The van der Waals surface area contributed by atoms with E-state index in [1.54, 1.807) is 7.11 Å². The van der Waals surface area contributed by atoms with Gasteiger partial charge < -0.3 is 14.4 Å². The van der Waals surface area contributed by atoms with Crippen LogP contribution >= 0.6 is 0 Å². The first-order valence-corrected chi connectivity index (χ1v) is 12.1. The van der Waals surface area contributed by atoms with Gasteiger partial charge in [0.25, 0.3) is 0 Å². The minimum absolute atomic E-state index is 0.222. The summed E-state index contributed by atoms with van der Waals surface area (Å²) in [5.74, 6) is 2.10. The van der Waals surface area contributed by atoms with Crippen LogP contribution in [0.2, 0.25) is 0 Å². The van der Waals surface area contributed by atoms with Crippen molar-refractivity contribution in [3.8, 4) is 11.8 Å². The Morgan fingerprint density at radius 2 is 1.85 bits per heavy atom. The molecule has 0 saturated carbocycles. The number of nitrogens with zero attached hydrogens (tertiary/aromatic N) is 6. The molecule has 0 bridgehead atoms. The molecule has 3 aliphatic heterocycles. The third-order valence-corrected chi connectivity index (χ3v) is 7.49. The fraction of sp³-hybridized carbons (Fsp3) is 0.520. The fourth-order valence-corrected chi connectivity index (χ4v) is 5.43. The van der Waals surface area contributed by atoms with Crippen LogP contribution in [0.1, 0.15) is 36.3 Å². The highest BCUT2D eigenvalue weighted by atomic mass is 16.5. The van der Waals surface area contributed by atoms with E-state index in [-0.39, 0.29) is 11.8 Å². The average Bonchev–Trinajstić information content (AvgIpc) is 3.43. The molecule has 0 N–H and O–H groups in total. The SMILES string of the molecule is COc1nc(N2CCC(=O)C2)cc(-n2ncc3cc(C)c(C4CCN(C5COC5)CC4)cc32)n1. The van der Waals surface area contributed by atoms with Gasteiger partial charge in [0.05, 0.1) is 44.6 Å². The number of fused-ring (bicyclic) bond motifs is 1. The van der Waals surface area contributed by atoms with E-state index < -0.39 is 0 Å². The van der Waals surface area contributed by atoms with Gasteiger partial charge in [0.15, 0.2) is 11.6 Å². The molecule has 0 aliphatic carbocycles. The van der Waals surface area contributed by atoms with Crippen LogP contribution in [0, 0.1) is 6.92 Å². The summed E-state index contributed by atoms with van der Waals surface area (Å²) in [6.07, 6.45) is 4.75. The zero-order valence-electron chi connectivity index (χ0n) is 19.7. The van der Waals surface area contributed by atoms with Gasteiger partial charge in [-0.25, -0.2) is 4.68 Å². The Labute approximate surface area is 198 Å². The number of ketones is 1. The number of ether oxygens (including phenoxy) is 2. The summed E-state index contributed by atoms with van der Waals surface area (Å²) < 4.78 is 12.6. The number of rotatable bonds is 5. The maximum absolute atomic E-state index is 11.8. The van der Waals surface area contributed by atoms with E-state index in [4.69, 9.17) is 9.47 Å². The summed E-state index contributed by atoms with van der Waals surface area (Å²) in [4.78, 5) is 25.4. The van der Waals surface area contributed by atoms with Gasteiger partial charge in [-0.15, -0.1) is 0 Å². The number of methoxy groups -OCH3 is 1. The van der Waals surface area contributed by atoms with Crippen LogP contribution in [0.25, 0.3) is 16.7 Å². The third kappa shape index (κ3) is 3.82. The van der Waals surface area contributed by atoms with Crippen molar-refractivity contribution in [2.24, 2.45) is 0 Å². The first-order chi connectivity index (χ1) is 16.6. The molecule has 5 heterocycles. The molecule has 0 unspecified atom stereocenters. The first-order valence-electron chi connectivity index (χ1n) is 12.1. The smallest absolute Gasteiger partial charge is 0.320 e. The van der Waals surface area contributed by atoms with Crippen LogP contribution in [0.3, 0.4) is 0 Å². The largest absolute Gasteiger partial charge is 0.467 e. The first kappa shape index (κ1) is 21.5. The lowest BCUT2D eigenvalue weighted by atomic mass is 9.85. The molecule has 3 aromatic rings. The minimum atomic E-state index is 0.222. The second kappa shape index (κ2) is 8.63. The number of benzene rings is 1. The zero-order chi connectivity index (χ0) is 23.2. The second-order valence-electron chi connectivity index (χ2n) is 9.61. The summed E-state index contributed by atoms with van der Waals surface area (Å²) in [6, 6.07) is 7.30. The normalized spacial score (nSPS) is 20.3. The molecule has 9 nitrogen and oxygen atoms in total. The van der Waals surface area contributed by atoms with Crippen molar-refractivity contribution >= 4 is 22.5 Å². The Balaban J connectivity index is 1.33. The summed E-state index contributed by atoms with van der Waals surface area (Å²) in [5.41, 5.74) is 3.73. The van der Waals surface area contributed by atoms with Gasteiger partial charge in [0.1, 0.15) is 5.82 Å². The molecule has 0 radical (unpaired) electrons. The second-order valence-corrected chi connectivity index (χ2v) is 9.61. The number of likely N-dealkylation sites (tertiary alicyclic amines) is 1. The predicted molar refractivity (Wildman–Crippen MR) is 128 cm³/mol. The molecule has 1 aromatic carbocycles. The molecule has 3 aliphatic rings. The summed E-state index contributed by atoms with van der Waals surface area (Å²) in [7, 11) is 1.56. The Hall–Kier alpha value is -3.04. The number of anilines is 1. The topological polar surface area (TPSA) is 85.6 Å². The van der Waals surface area contributed by atoms with E-state index in [0.29, 0.717) is 43.1 Å². The number of aryl methyl sites for hydroxylation is 1. The molecule has 3 saturated heterocycles. The number of piperidine rings is 1. The lowest BCUT2D eigenvalue weighted by molar-refractivity contribution is -0.116. The standard InChI is InChI=1S/C25H30N6O3/c1-16-9-18-12-26-31(24-11-23(27-25(28-24)33-2)30-8-5-20(32)13-30)22(18)10-21(16)17-3-6-29(7-4-17)19-14-34-15-19/h9-12,17,19H,3-8,13-15H2,1-2H3. The van der Waals surface area contributed by atoms with Crippen molar-refractivity contribution in [3.05, 3.63) is 35.5 Å². The lowest BCUT2D eigenvalue weighted by Gasteiger charge is -2.41. The van der Waals surface area contributed by atoms with Crippen molar-refractivity contribution in [2.45, 2.75) is 38.1 Å². The van der Waals surface area contributed by atoms with E-state index in [1.165, 1.54) is 11.1 Å². The van der Waals surface area contributed by atoms with E-state index >= 15 is 0 Å². The lowest BCUT2D eigenvalue weighted by Crippen LogP contribution is -2.51. The quantitative estimate of drug-likeness (QED) is 0.572. The molecule has 2 aromatic heterocycles. The Bertz CT molecular complexity index is 1230. The molecule has 9 heteroatoms. The number of hydrogen-bond donors (Lipinski definition) is 0. The number of Topliss-reactive ketones (excluding diaryl/α,β-unsaturated/α-hetero) is 1.